The normalized spacial score (nSPS) is 11.0. The number of pyridine rings is 1. The molecule has 3 heterocycles. The van der Waals surface area contributed by atoms with Crippen molar-refractivity contribution < 1.29 is 4.84 Å². The van der Waals surface area contributed by atoms with E-state index in [2.05, 4.69) is 22.1 Å². The molecule has 142 valence electrons. The van der Waals surface area contributed by atoms with Crippen molar-refractivity contribution in [3.8, 4) is 11.4 Å². The summed E-state index contributed by atoms with van der Waals surface area (Å²) in [6, 6.07) is 20.2. The topological polar surface area (TPSA) is 57.8 Å². The summed E-state index contributed by atoms with van der Waals surface area (Å²) in [5.41, 5.74) is 4.99. The van der Waals surface area contributed by atoms with Gasteiger partial charge in [0, 0.05) is 42.5 Å². The summed E-state index contributed by atoms with van der Waals surface area (Å²) in [6.07, 6.45) is 9.12. The molecule has 0 saturated heterocycles. The first-order chi connectivity index (χ1) is 14.4. The van der Waals surface area contributed by atoms with Crippen LogP contribution in [0.3, 0.4) is 0 Å². The van der Waals surface area contributed by atoms with E-state index in [1.807, 2.05) is 76.5 Å². The lowest BCUT2D eigenvalue weighted by molar-refractivity contribution is 0.109. The van der Waals surface area contributed by atoms with Gasteiger partial charge in [0.1, 0.15) is 12.1 Å². The Bertz CT molecular complexity index is 1210. The van der Waals surface area contributed by atoms with Gasteiger partial charge in [-0.1, -0.05) is 42.5 Å². The molecule has 0 fully saturated rings. The summed E-state index contributed by atoms with van der Waals surface area (Å²) in [4.78, 5) is 19.3. The van der Waals surface area contributed by atoms with Crippen molar-refractivity contribution in [2.24, 2.45) is 0 Å². The lowest BCUT2D eigenvalue weighted by atomic mass is 10.2. The highest BCUT2D eigenvalue weighted by atomic mass is 16.7. The molecule has 0 amide bonds. The standard InChI is InChI=1S/C23H19N5O/c1-2-6-20(7-3-1)23-26-21-9-8-18(15-27-12-11-25-17-27)13-22(21)28(23)29-16-19-5-4-10-24-14-19/h1-14,17H,15-16H2. The van der Waals surface area contributed by atoms with E-state index < -0.39 is 0 Å². The number of hydrogen-bond donors (Lipinski definition) is 0. The van der Waals surface area contributed by atoms with Gasteiger partial charge in [-0.3, -0.25) is 4.98 Å². The number of benzene rings is 2. The zero-order valence-corrected chi connectivity index (χ0v) is 15.7. The molecular formula is C23H19N5O. The molecule has 5 aromatic rings. The molecule has 2 aromatic carbocycles. The predicted molar refractivity (Wildman–Crippen MR) is 111 cm³/mol. The van der Waals surface area contributed by atoms with Crippen molar-refractivity contribution in [3.63, 3.8) is 0 Å². The molecular weight excluding hydrogens is 362 g/mol. The molecule has 0 saturated carbocycles. The second-order valence-corrected chi connectivity index (χ2v) is 6.79. The Hall–Kier alpha value is -3.93. The summed E-state index contributed by atoms with van der Waals surface area (Å²) in [5, 5.41) is 0. The highest BCUT2D eigenvalue weighted by Crippen LogP contribution is 2.25. The second kappa shape index (κ2) is 7.59. The van der Waals surface area contributed by atoms with Crippen LogP contribution in [-0.2, 0) is 13.2 Å². The van der Waals surface area contributed by atoms with Gasteiger partial charge in [-0.25, -0.2) is 9.97 Å². The maximum Gasteiger partial charge on any atom is 0.176 e. The van der Waals surface area contributed by atoms with Crippen LogP contribution in [0.25, 0.3) is 22.4 Å². The number of nitrogens with zero attached hydrogens (tertiary/aromatic N) is 5. The molecule has 29 heavy (non-hydrogen) atoms. The van der Waals surface area contributed by atoms with Crippen LogP contribution in [0.5, 0.6) is 0 Å². The van der Waals surface area contributed by atoms with Crippen LogP contribution in [0.4, 0.5) is 0 Å². The molecule has 0 unspecified atom stereocenters. The van der Waals surface area contributed by atoms with E-state index >= 15 is 0 Å². The molecule has 0 aliphatic carbocycles. The van der Waals surface area contributed by atoms with E-state index in [0.717, 1.165) is 40.1 Å². The molecule has 0 radical (unpaired) electrons. The molecule has 0 spiro atoms. The summed E-state index contributed by atoms with van der Waals surface area (Å²) < 4.78 is 3.87. The fraction of sp³-hybridized carbons (Fsp3) is 0.0870. The lowest BCUT2D eigenvalue weighted by Crippen LogP contribution is -2.13. The average molecular weight is 381 g/mol. The largest absolute Gasteiger partial charge is 0.407 e. The van der Waals surface area contributed by atoms with Gasteiger partial charge in [-0.2, -0.15) is 4.73 Å². The molecule has 6 nitrogen and oxygen atoms in total. The maximum atomic E-state index is 6.22. The van der Waals surface area contributed by atoms with E-state index in [-0.39, 0.29) is 0 Å². The van der Waals surface area contributed by atoms with Gasteiger partial charge in [-0.05, 0) is 23.8 Å². The summed E-state index contributed by atoms with van der Waals surface area (Å²) in [5.74, 6) is 0.782. The Balaban J connectivity index is 1.57. The van der Waals surface area contributed by atoms with Crippen LogP contribution in [0, 0.1) is 0 Å². The summed E-state index contributed by atoms with van der Waals surface area (Å²) >= 11 is 0. The highest BCUT2D eigenvalue weighted by molar-refractivity contribution is 5.81. The fourth-order valence-electron chi connectivity index (χ4n) is 3.31. The SMILES string of the molecule is c1ccc(-c2nc3ccc(Cn4ccnc4)cc3n2OCc2cccnc2)cc1. The Morgan fingerprint density at radius 1 is 0.862 bits per heavy atom. The number of imidazole rings is 2. The van der Waals surface area contributed by atoms with Crippen LogP contribution < -0.4 is 4.84 Å². The Labute approximate surface area is 168 Å². The van der Waals surface area contributed by atoms with Crippen molar-refractivity contribution in [1.82, 2.24) is 24.2 Å². The van der Waals surface area contributed by atoms with Crippen LogP contribution in [0.1, 0.15) is 11.1 Å². The summed E-state index contributed by atoms with van der Waals surface area (Å²) in [6.45, 7) is 1.15. The van der Waals surface area contributed by atoms with E-state index in [9.17, 15) is 0 Å². The van der Waals surface area contributed by atoms with E-state index in [1.54, 1.807) is 12.4 Å². The molecule has 0 N–H and O–H groups in total. The molecule has 5 rings (SSSR count). The van der Waals surface area contributed by atoms with Gasteiger partial charge in [0.25, 0.3) is 0 Å². The monoisotopic (exact) mass is 381 g/mol. The minimum atomic E-state index is 0.408. The third-order valence-corrected chi connectivity index (χ3v) is 4.72. The first-order valence-corrected chi connectivity index (χ1v) is 9.41. The first kappa shape index (κ1) is 17.2. The van der Waals surface area contributed by atoms with E-state index in [0.29, 0.717) is 6.61 Å². The van der Waals surface area contributed by atoms with Crippen molar-refractivity contribution >= 4 is 11.0 Å². The zero-order chi connectivity index (χ0) is 19.5. The van der Waals surface area contributed by atoms with Crippen molar-refractivity contribution in [3.05, 3.63) is 103 Å². The number of aromatic nitrogens is 5. The van der Waals surface area contributed by atoms with E-state index in [4.69, 9.17) is 9.82 Å². The fourth-order valence-corrected chi connectivity index (χ4v) is 3.31. The molecule has 0 aliphatic rings. The van der Waals surface area contributed by atoms with E-state index in [1.165, 1.54) is 0 Å². The van der Waals surface area contributed by atoms with Gasteiger partial charge in [0.2, 0.25) is 0 Å². The highest BCUT2D eigenvalue weighted by Gasteiger charge is 2.15. The molecule has 3 aromatic heterocycles. The maximum absolute atomic E-state index is 6.22. The van der Waals surface area contributed by atoms with Gasteiger partial charge in [-0.15, -0.1) is 0 Å². The van der Waals surface area contributed by atoms with Gasteiger partial charge >= 0.3 is 0 Å². The van der Waals surface area contributed by atoms with Gasteiger partial charge < -0.3 is 9.40 Å². The van der Waals surface area contributed by atoms with Crippen molar-refractivity contribution in [2.45, 2.75) is 13.2 Å². The third-order valence-electron chi connectivity index (χ3n) is 4.72. The Kier molecular flexibility index (Phi) is 4.50. The zero-order valence-electron chi connectivity index (χ0n) is 15.7. The number of hydrogen-bond acceptors (Lipinski definition) is 4. The molecule has 0 atom stereocenters. The molecule has 6 heteroatoms. The quantitative estimate of drug-likeness (QED) is 0.447. The second-order valence-electron chi connectivity index (χ2n) is 6.79. The minimum Gasteiger partial charge on any atom is -0.407 e. The smallest absolute Gasteiger partial charge is 0.176 e. The lowest BCUT2D eigenvalue weighted by Gasteiger charge is -2.12. The van der Waals surface area contributed by atoms with Crippen LogP contribution in [0.2, 0.25) is 0 Å². The minimum absolute atomic E-state index is 0.408. The first-order valence-electron chi connectivity index (χ1n) is 9.41. The van der Waals surface area contributed by atoms with Gasteiger partial charge in [0.05, 0.1) is 11.8 Å². The number of fused-ring (bicyclic) bond motifs is 1. The Morgan fingerprint density at radius 2 is 1.79 bits per heavy atom. The Morgan fingerprint density at radius 3 is 2.59 bits per heavy atom. The van der Waals surface area contributed by atoms with Crippen LogP contribution >= 0.6 is 0 Å². The average Bonchev–Trinajstić information content (AvgIpc) is 3.41. The van der Waals surface area contributed by atoms with Crippen molar-refractivity contribution in [1.29, 1.82) is 0 Å². The predicted octanol–water partition coefficient (Wildman–Crippen LogP) is 3.97. The van der Waals surface area contributed by atoms with Crippen molar-refractivity contribution in [2.75, 3.05) is 0 Å². The molecule has 0 bridgehead atoms. The van der Waals surface area contributed by atoms with Crippen LogP contribution in [0.15, 0.2) is 91.8 Å². The summed E-state index contributed by atoms with van der Waals surface area (Å²) in [7, 11) is 0. The molecule has 0 aliphatic heterocycles. The number of rotatable bonds is 6. The van der Waals surface area contributed by atoms with Crippen LogP contribution in [-0.4, -0.2) is 24.2 Å². The van der Waals surface area contributed by atoms with Gasteiger partial charge in [0.15, 0.2) is 5.82 Å². The third kappa shape index (κ3) is 3.60.